The highest BCUT2D eigenvalue weighted by molar-refractivity contribution is 5.94. The topological polar surface area (TPSA) is 59.0 Å². The molecule has 3 aromatic rings. The monoisotopic (exact) mass is 350 g/mol. The van der Waals surface area contributed by atoms with Gasteiger partial charge < -0.3 is 5.32 Å². The Kier molecular flexibility index (Phi) is 4.26. The van der Waals surface area contributed by atoms with E-state index in [4.69, 9.17) is 0 Å². The van der Waals surface area contributed by atoms with E-state index in [1.54, 1.807) is 16.8 Å². The molecule has 4 rings (SSSR count). The van der Waals surface area contributed by atoms with Crippen molar-refractivity contribution in [2.45, 2.75) is 19.6 Å². The number of amides is 1. The number of halogens is 1. The minimum Gasteiger partial charge on any atom is -0.347 e. The summed E-state index contributed by atoms with van der Waals surface area (Å²) in [6.45, 7) is 3.03. The maximum atomic E-state index is 13.0. The van der Waals surface area contributed by atoms with E-state index in [1.165, 1.54) is 17.7 Å². The predicted molar refractivity (Wildman–Crippen MR) is 97.0 cm³/mol. The second-order valence-corrected chi connectivity index (χ2v) is 6.46. The van der Waals surface area contributed by atoms with Crippen LogP contribution in [0.5, 0.6) is 0 Å². The molecule has 2 aromatic carbocycles. The van der Waals surface area contributed by atoms with E-state index in [9.17, 15) is 9.18 Å². The highest BCUT2D eigenvalue weighted by Crippen LogP contribution is 2.23. The fourth-order valence-corrected chi connectivity index (χ4v) is 3.03. The zero-order valence-electron chi connectivity index (χ0n) is 14.4. The lowest BCUT2D eigenvalue weighted by Gasteiger charge is -2.25. The standard InChI is InChI=1S/C20H19FN4O/c1-13-2-6-15(7-3-13)17-10-18-20(26)23-12-19(25(18)24-17)22-11-14-4-8-16(21)9-5-14/h2-10,19,22H,11-12H2,1H3,(H,23,26)/t19-/m1/s1. The van der Waals surface area contributed by atoms with Crippen LogP contribution in [0.25, 0.3) is 11.3 Å². The van der Waals surface area contributed by atoms with Crippen molar-refractivity contribution in [2.75, 3.05) is 6.54 Å². The Labute approximate surface area is 150 Å². The molecule has 0 fully saturated rings. The fourth-order valence-electron chi connectivity index (χ4n) is 3.03. The number of carbonyl (C=O) groups is 1. The van der Waals surface area contributed by atoms with Crippen LogP contribution in [-0.4, -0.2) is 22.2 Å². The summed E-state index contributed by atoms with van der Waals surface area (Å²) in [7, 11) is 0. The molecule has 0 unspecified atom stereocenters. The lowest BCUT2D eigenvalue weighted by atomic mass is 10.1. The van der Waals surface area contributed by atoms with Crippen LogP contribution in [0.15, 0.2) is 54.6 Å². The molecule has 6 heteroatoms. The molecular formula is C20H19FN4O. The second kappa shape index (κ2) is 6.72. The molecule has 1 aliphatic rings. The first-order chi connectivity index (χ1) is 12.6. The summed E-state index contributed by atoms with van der Waals surface area (Å²) in [4.78, 5) is 12.2. The molecule has 1 atom stereocenters. The first kappa shape index (κ1) is 16.5. The van der Waals surface area contributed by atoms with Gasteiger partial charge in [-0.1, -0.05) is 42.0 Å². The van der Waals surface area contributed by atoms with E-state index in [-0.39, 0.29) is 17.9 Å². The van der Waals surface area contributed by atoms with Gasteiger partial charge in [-0.25, -0.2) is 9.07 Å². The Balaban J connectivity index is 1.58. The Morgan fingerprint density at radius 2 is 1.92 bits per heavy atom. The summed E-state index contributed by atoms with van der Waals surface area (Å²) in [6, 6.07) is 16.2. The van der Waals surface area contributed by atoms with Gasteiger partial charge in [0.25, 0.3) is 5.91 Å². The number of aromatic nitrogens is 2. The number of hydrogen-bond donors (Lipinski definition) is 2. The molecule has 0 aliphatic carbocycles. The van der Waals surface area contributed by atoms with Gasteiger partial charge in [0.05, 0.1) is 12.2 Å². The minimum atomic E-state index is -0.254. The van der Waals surface area contributed by atoms with Gasteiger partial charge in [-0.15, -0.1) is 0 Å². The number of nitrogens with zero attached hydrogens (tertiary/aromatic N) is 2. The summed E-state index contributed by atoms with van der Waals surface area (Å²) in [5.74, 6) is -0.383. The van der Waals surface area contributed by atoms with Gasteiger partial charge >= 0.3 is 0 Å². The zero-order valence-corrected chi connectivity index (χ0v) is 14.4. The zero-order chi connectivity index (χ0) is 18.1. The third-order valence-electron chi connectivity index (χ3n) is 4.52. The summed E-state index contributed by atoms with van der Waals surface area (Å²) < 4.78 is 14.8. The van der Waals surface area contributed by atoms with Crippen LogP contribution < -0.4 is 10.6 Å². The van der Waals surface area contributed by atoms with Gasteiger partial charge in [-0.3, -0.25) is 10.1 Å². The van der Waals surface area contributed by atoms with Gasteiger partial charge in [0.2, 0.25) is 0 Å². The van der Waals surface area contributed by atoms with E-state index < -0.39 is 0 Å². The Hall–Kier alpha value is -2.99. The molecule has 132 valence electrons. The minimum absolute atomic E-state index is 0.129. The largest absolute Gasteiger partial charge is 0.347 e. The van der Waals surface area contributed by atoms with Crippen molar-refractivity contribution in [1.29, 1.82) is 0 Å². The number of fused-ring (bicyclic) bond motifs is 1. The van der Waals surface area contributed by atoms with E-state index in [1.807, 2.05) is 37.3 Å². The number of rotatable bonds is 4. The first-order valence-electron chi connectivity index (χ1n) is 8.53. The number of hydrogen-bond acceptors (Lipinski definition) is 3. The van der Waals surface area contributed by atoms with Crippen molar-refractivity contribution in [3.63, 3.8) is 0 Å². The highest BCUT2D eigenvalue weighted by Gasteiger charge is 2.27. The molecule has 0 bridgehead atoms. The fraction of sp³-hybridized carbons (Fsp3) is 0.200. The van der Waals surface area contributed by atoms with Crippen LogP contribution in [0.4, 0.5) is 4.39 Å². The van der Waals surface area contributed by atoms with Crippen molar-refractivity contribution in [3.05, 3.63) is 77.2 Å². The van der Waals surface area contributed by atoms with Gasteiger partial charge in [-0.2, -0.15) is 5.10 Å². The first-order valence-corrected chi connectivity index (χ1v) is 8.53. The average Bonchev–Trinajstić information content (AvgIpc) is 3.10. The Bertz CT molecular complexity index is 931. The molecule has 1 aliphatic heterocycles. The average molecular weight is 350 g/mol. The number of benzene rings is 2. The van der Waals surface area contributed by atoms with Gasteiger partial charge in [0.15, 0.2) is 0 Å². The van der Waals surface area contributed by atoms with Crippen molar-refractivity contribution in [2.24, 2.45) is 0 Å². The molecule has 2 N–H and O–H groups in total. The van der Waals surface area contributed by atoms with Crippen LogP contribution in [-0.2, 0) is 6.54 Å². The third-order valence-corrected chi connectivity index (χ3v) is 4.52. The normalized spacial score (nSPS) is 16.2. The van der Waals surface area contributed by atoms with Crippen LogP contribution in [0.3, 0.4) is 0 Å². The van der Waals surface area contributed by atoms with Gasteiger partial charge in [0.1, 0.15) is 17.7 Å². The van der Waals surface area contributed by atoms with Crippen LogP contribution in [0.2, 0.25) is 0 Å². The summed E-state index contributed by atoms with van der Waals surface area (Å²) in [6.07, 6.45) is -0.160. The van der Waals surface area contributed by atoms with E-state index in [2.05, 4.69) is 15.7 Å². The lowest BCUT2D eigenvalue weighted by Crippen LogP contribution is -2.45. The number of carbonyl (C=O) groups excluding carboxylic acids is 1. The van der Waals surface area contributed by atoms with Crippen molar-refractivity contribution in [1.82, 2.24) is 20.4 Å². The maximum absolute atomic E-state index is 13.0. The summed E-state index contributed by atoms with van der Waals surface area (Å²) in [5.41, 5.74) is 4.42. The predicted octanol–water partition coefficient (Wildman–Crippen LogP) is 3.03. The van der Waals surface area contributed by atoms with Crippen molar-refractivity contribution < 1.29 is 9.18 Å². The molecule has 1 amide bonds. The van der Waals surface area contributed by atoms with Crippen LogP contribution in [0, 0.1) is 12.7 Å². The third kappa shape index (κ3) is 3.23. The van der Waals surface area contributed by atoms with E-state index in [0.29, 0.717) is 18.8 Å². The number of nitrogens with one attached hydrogen (secondary N) is 2. The SMILES string of the molecule is Cc1ccc(-c2cc3n(n2)[C@@H](NCc2ccc(F)cc2)CNC3=O)cc1. The number of aryl methyl sites for hydroxylation is 1. The van der Waals surface area contributed by atoms with E-state index in [0.717, 1.165) is 16.8 Å². The van der Waals surface area contributed by atoms with E-state index >= 15 is 0 Å². The van der Waals surface area contributed by atoms with Gasteiger partial charge in [-0.05, 0) is 30.7 Å². The van der Waals surface area contributed by atoms with Gasteiger partial charge in [0, 0.05) is 12.1 Å². The van der Waals surface area contributed by atoms with Crippen molar-refractivity contribution >= 4 is 5.91 Å². The molecule has 0 spiro atoms. The Morgan fingerprint density at radius 1 is 1.19 bits per heavy atom. The quantitative estimate of drug-likeness (QED) is 0.760. The highest BCUT2D eigenvalue weighted by atomic mass is 19.1. The molecule has 5 nitrogen and oxygen atoms in total. The lowest BCUT2D eigenvalue weighted by molar-refractivity contribution is 0.0900. The molecule has 0 saturated carbocycles. The summed E-state index contributed by atoms with van der Waals surface area (Å²) in [5, 5.41) is 10.9. The summed E-state index contributed by atoms with van der Waals surface area (Å²) >= 11 is 0. The molecular weight excluding hydrogens is 331 g/mol. The molecule has 1 aromatic heterocycles. The molecule has 0 saturated heterocycles. The second-order valence-electron chi connectivity index (χ2n) is 6.46. The van der Waals surface area contributed by atoms with Crippen LogP contribution >= 0.6 is 0 Å². The Morgan fingerprint density at radius 3 is 2.65 bits per heavy atom. The molecule has 26 heavy (non-hydrogen) atoms. The maximum Gasteiger partial charge on any atom is 0.269 e. The van der Waals surface area contributed by atoms with Crippen molar-refractivity contribution in [3.8, 4) is 11.3 Å². The molecule has 2 heterocycles. The molecule has 0 radical (unpaired) electrons. The van der Waals surface area contributed by atoms with Crippen LogP contribution in [0.1, 0.15) is 27.8 Å². The smallest absolute Gasteiger partial charge is 0.269 e.